The van der Waals surface area contributed by atoms with E-state index in [9.17, 15) is 19.1 Å². The van der Waals surface area contributed by atoms with Gasteiger partial charge in [0.25, 0.3) is 0 Å². The maximum absolute atomic E-state index is 14.4. The van der Waals surface area contributed by atoms with Crippen LogP contribution in [0.1, 0.15) is 16.1 Å². The third kappa shape index (κ3) is 2.38. The summed E-state index contributed by atoms with van der Waals surface area (Å²) < 4.78 is 15.4. The molecule has 1 aromatic heterocycles. The highest BCUT2D eigenvalue weighted by Crippen LogP contribution is 2.33. The van der Waals surface area contributed by atoms with Crippen LogP contribution in [0.3, 0.4) is 0 Å². The second-order valence-corrected chi connectivity index (χ2v) is 6.01. The first kappa shape index (κ1) is 15.4. The fourth-order valence-electron chi connectivity index (χ4n) is 3.54. The molecule has 1 aliphatic heterocycles. The first-order valence-electron chi connectivity index (χ1n) is 7.96. The molecule has 3 aromatic rings. The fourth-order valence-corrected chi connectivity index (χ4v) is 3.54. The highest BCUT2D eigenvalue weighted by Gasteiger charge is 2.30. The van der Waals surface area contributed by atoms with Crippen LogP contribution >= 0.6 is 0 Å². The molecule has 0 saturated carbocycles. The normalized spacial score (nSPS) is 13.7. The lowest BCUT2D eigenvalue weighted by Crippen LogP contribution is -2.33. The number of para-hydroxylation sites is 2. The van der Waals surface area contributed by atoms with E-state index in [-0.39, 0.29) is 5.52 Å². The van der Waals surface area contributed by atoms with E-state index in [0.717, 1.165) is 15.8 Å². The van der Waals surface area contributed by atoms with Gasteiger partial charge in [-0.05, 0) is 30.2 Å². The van der Waals surface area contributed by atoms with Gasteiger partial charge in [-0.3, -0.25) is 9.36 Å². The van der Waals surface area contributed by atoms with E-state index in [1.165, 1.54) is 6.07 Å². The van der Waals surface area contributed by atoms with Crippen molar-refractivity contribution in [2.75, 3.05) is 11.4 Å². The molecule has 4 rings (SSSR count). The molecular weight excluding hydrogens is 323 g/mol. The summed E-state index contributed by atoms with van der Waals surface area (Å²) in [7, 11) is 0. The number of nitrogens with zero attached hydrogens (tertiary/aromatic N) is 2. The lowest BCUT2D eigenvalue weighted by molar-refractivity contribution is -0.132. The highest BCUT2D eigenvalue weighted by atomic mass is 19.1. The number of hydrogen-bond acceptors (Lipinski definition) is 3. The quantitative estimate of drug-likeness (QED) is 0.693. The van der Waals surface area contributed by atoms with Gasteiger partial charge < -0.3 is 10.0 Å². The lowest BCUT2D eigenvalue weighted by Gasteiger charge is -2.30. The first-order valence-corrected chi connectivity index (χ1v) is 7.96. The largest absolute Gasteiger partial charge is 0.474 e. The van der Waals surface area contributed by atoms with E-state index in [1.807, 2.05) is 30.3 Å². The molecule has 0 fully saturated rings. The van der Waals surface area contributed by atoms with E-state index < -0.39 is 17.7 Å². The molecule has 1 N–H and O–H groups in total. The van der Waals surface area contributed by atoms with Crippen LogP contribution in [0.5, 0.6) is 0 Å². The van der Waals surface area contributed by atoms with Gasteiger partial charge in [-0.2, -0.15) is 0 Å². The van der Waals surface area contributed by atoms with Crippen molar-refractivity contribution in [2.45, 2.75) is 13.0 Å². The zero-order valence-electron chi connectivity index (χ0n) is 13.3. The molecule has 0 saturated heterocycles. The monoisotopic (exact) mass is 338 g/mol. The van der Waals surface area contributed by atoms with Gasteiger partial charge in [0.1, 0.15) is 5.82 Å². The molecule has 0 amide bonds. The van der Waals surface area contributed by atoms with Gasteiger partial charge in [0.15, 0.2) is 0 Å². The Morgan fingerprint density at radius 2 is 1.80 bits per heavy atom. The number of halogens is 1. The van der Waals surface area contributed by atoms with Crippen LogP contribution in [0.15, 0.2) is 48.5 Å². The minimum absolute atomic E-state index is 0.0508. The molecule has 0 radical (unpaired) electrons. The summed E-state index contributed by atoms with van der Waals surface area (Å²) in [5.74, 6) is -3.32. The number of rotatable bonds is 1. The summed E-state index contributed by atoms with van der Waals surface area (Å²) in [5.41, 5.74) is 2.42. The average Bonchev–Trinajstić information content (AvgIpc) is 2.96. The van der Waals surface area contributed by atoms with E-state index in [2.05, 4.69) is 4.90 Å². The van der Waals surface area contributed by atoms with Crippen LogP contribution in [0.2, 0.25) is 0 Å². The molecule has 1 aliphatic rings. The van der Waals surface area contributed by atoms with Crippen molar-refractivity contribution >= 4 is 28.5 Å². The molecule has 5 nitrogen and oxygen atoms in total. The van der Waals surface area contributed by atoms with Gasteiger partial charge in [0.05, 0.1) is 12.1 Å². The number of aromatic nitrogens is 1. The molecule has 0 spiro atoms. The zero-order chi connectivity index (χ0) is 17.6. The second kappa shape index (κ2) is 5.73. The van der Waals surface area contributed by atoms with Crippen molar-refractivity contribution in [3.8, 4) is 0 Å². The molecule has 6 heteroatoms. The van der Waals surface area contributed by atoms with Gasteiger partial charge in [0, 0.05) is 23.3 Å². The van der Waals surface area contributed by atoms with Crippen LogP contribution in [0, 0.1) is 5.82 Å². The van der Waals surface area contributed by atoms with E-state index in [1.54, 1.807) is 12.1 Å². The number of aliphatic carboxylic acids is 1. The van der Waals surface area contributed by atoms with Crippen molar-refractivity contribution in [1.29, 1.82) is 0 Å². The Labute approximate surface area is 142 Å². The molecular formula is C19H15FN2O3. The Kier molecular flexibility index (Phi) is 3.53. The molecule has 2 aromatic carbocycles. The summed E-state index contributed by atoms with van der Waals surface area (Å²) in [6, 6.07) is 14.2. The fraction of sp³-hybridized carbons (Fsp3) is 0.158. The molecule has 0 bridgehead atoms. The van der Waals surface area contributed by atoms with Crippen LogP contribution in [0.25, 0.3) is 10.9 Å². The Morgan fingerprint density at radius 3 is 2.52 bits per heavy atom. The number of carboxylic acids is 1. The molecule has 0 atom stereocenters. The second-order valence-electron chi connectivity index (χ2n) is 6.01. The molecule has 2 heterocycles. The van der Waals surface area contributed by atoms with E-state index >= 15 is 0 Å². The van der Waals surface area contributed by atoms with Crippen molar-refractivity contribution in [3.05, 3.63) is 65.6 Å². The summed E-state index contributed by atoms with van der Waals surface area (Å²) >= 11 is 0. The Balaban J connectivity index is 1.92. The number of carboxylic acid groups (broad SMARTS) is 1. The number of carbonyl (C=O) groups is 2. The predicted octanol–water partition coefficient (Wildman–Crippen LogP) is 3.07. The predicted molar refractivity (Wildman–Crippen MR) is 91.4 cm³/mol. The number of benzene rings is 2. The van der Waals surface area contributed by atoms with Gasteiger partial charge >= 0.3 is 11.9 Å². The van der Waals surface area contributed by atoms with Crippen molar-refractivity contribution in [1.82, 2.24) is 4.57 Å². The number of fused-ring (bicyclic) bond motifs is 3. The van der Waals surface area contributed by atoms with Crippen molar-refractivity contribution < 1.29 is 19.1 Å². The van der Waals surface area contributed by atoms with Crippen LogP contribution in [-0.4, -0.2) is 28.1 Å². The summed E-state index contributed by atoms with van der Waals surface area (Å²) in [6.07, 6.45) is 0.615. The van der Waals surface area contributed by atoms with Gasteiger partial charge in [-0.1, -0.05) is 30.3 Å². The van der Waals surface area contributed by atoms with Crippen LogP contribution in [-0.2, 0) is 17.8 Å². The third-order valence-corrected chi connectivity index (χ3v) is 4.63. The van der Waals surface area contributed by atoms with Crippen LogP contribution < -0.4 is 4.90 Å². The summed E-state index contributed by atoms with van der Waals surface area (Å²) in [4.78, 5) is 25.6. The highest BCUT2D eigenvalue weighted by molar-refractivity contribution is 6.34. The maximum atomic E-state index is 14.4. The number of anilines is 1. The van der Waals surface area contributed by atoms with E-state index in [4.69, 9.17) is 0 Å². The minimum atomic E-state index is -1.60. The molecule has 0 aliphatic carbocycles. The van der Waals surface area contributed by atoms with Crippen molar-refractivity contribution in [3.63, 3.8) is 0 Å². The standard InChI is InChI=1S/C19H15FN2O3/c20-15-8-4-7-14-13-9-10-21(12-5-2-1-3-6-12)11-16(13)22(17(14)15)18(23)19(24)25/h1-8H,9-11H2,(H,24,25). The van der Waals surface area contributed by atoms with Crippen molar-refractivity contribution in [2.24, 2.45) is 0 Å². The van der Waals surface area contributed by atoms with Crippen LogP contribution in [0.4, 0.5) is 10.1 Å². The average molecular weight is 338 g/mol. The summed E-state index contributed by atoms with van der Waals surface area (Å²) in [6.45, 7) is 1.07. The molecule has 25 heavy (non-hydrogen) atoms. The smallest absolute Gasteiger partial charge is 0.395 e. The number of hydrogen-bond donors (Lipinski definition) is 1. The Bertz CT molecular complexity index is 995. The number of carbonyl (C=O) groups excluding carboxylic acids is 1. The Morgan fingerprint density at radius 1 is 1.04 bits per heavy atom. The molecule has 0 unspecified atom stereocenters. The summed E-state index contributed by atoms with van der Waals surface area (Å²) in [5, 5.41) is 9.79. The first-order chi connectivity index (χ1) is 12.1. The zero-order valence-corrected chi connectivity index (χ0v) is 13.3. The SMILES string of the molecule is O=C(O)C(=O)n1c2c(c3cccc(F)c31)CCN(c1ccccc1)C2. The minimum Gasteiger partial charge on any atom is -0.474 e. The van der Waals surface area contributed by atoms with E-state index in [0.29, 0.717) is 30.6 Å². The van der Waals surface area contributed by atoms with Gasteiger partial charge in [-0.25, -0.2) is 9.18 Å². The topological polar surface area (TPSA) is 62.5 Å². The van der Waals surface area contributed by atoms with Gasteiger partial charge in [0.2, 0.25) is 0 Å². The lowest BCUT2D eigenvalue weighted by atomic mass is 10.0. The Hall–Kier alpha value is -3.15. The maximum Gasteiger partial charge on any atom is 0.395 e. The third-order valence-electron chi connectivity index (χ3n) is 4.63. The molecule has 126 valence electrons. The van der Waals surface area contributed by atoms with Gasteiger partial charge in [-0.15, -0.1) is 0 Å².